The van der Waals surface area contributed by atoms with Crippen LogP contribution in [0.25, 0.3) is 10.9 Å². The molecule has 4 N–H and O–H groups in total. The molecule has 0 unspecified atom stereocenters. The standard InChI is InChI=1S/C17H15N9O2S/c1-9-11(10-4-2-3-5-12(10)21-9)7-19-23-13(27)6-14-24-26-17(29-14)22-16(28)15-18-8-20-25-15/h2-5,7-8,21H,6H2,1H3,(H,23,27)(H,18,20,25)(H,22,26,28)/b19-7-. The first-order valence-corrected chi connectivity index (χ1v) is 9.30. The Labute approximate surface area is 167 Å². The number of amides is 2. The van der Waals surface area contributed by atoms with Gasteiger partial charge in [-0.3, -0.25) is 20.0 Å². The second-order valence-electron chi connectivity index (χ2n) is 5.97. The monoisotopic (exact) mass is 409 g/mol. The van der Waals surface area contributed by atoms with Crippen molar-refractivity contribution < 1.29 is 9.59 Å². The molecular formula is C17H15N9O2S. The van der Waals surface area contributed by atoms with Gasteiger partial charge < -0.3 is 4.98 Å². The summed E-state index contributed by atoms with van der Waals surface area (Å²) in [5, 5.41) is 22.1. The zero-order valence-electron chi connectivity index (χ0n) is 15.1. The third-order valence-electron chi connectivity index (χ3n) is 3.96. The number of aromatic nitrogens is 6. The van der Waals surface area contributed by atoms with Crippen LogP contribution in [0, 0.1) is 6.92 Å². The zero-order chi connectivity index (χ0) is 20.2. The summed E-state index contributed by atoms with van der Waals surface area (Å²) in [5.74, 6) is -0.780. The van der Waals surface area contributed by atoms with Crippen LogP contribution < -0.4 is 10.7 Å². The number of hydrogen-bond acceptors (Lipinski definition) is 8. The number of nitrogens with one attached hydrogen (secondary N) is 4. The predicted octanol–water partition coefficient (Wildman–Crippen LogP) is 1.39. The van der Waals surface area contributed by atoms with Gasteiger partial charge in [0.1, 0.15) is 11.3 Å². The number of aryl methyl sites for hydroxylation is 1. The van der Waals surface area contributed by atoms with E-state index in [1.165, 1.54) is 6.33 Å². The lowest BCUT2D eigenvalue weighted by atomic mass is 10.1. The highest BCUT2D eigenvalue weighted by Crippen LogP contribution is 2.20. The number of H-pyrrole nitrogens is 2. The van der Waals surface area contributed by atoms with Gasteiger partial charge in [0.15, 0.2) is 0 Å². The lowest BCUT2D eigenvalue weighted by Gasteiger charge is -1.97. The number of carbonyl (C=O) groups is 2. The minimum Gasteiger partial charge on any atom is -0.358 e. The topological polar surface area (TPSA) is 154 Å². The Kier molecular flexibility index (Phi) is 5.07. The molecule has 3 heterocycles. The molecule has 0 fully saturated rings. The van der Waals surface area contributed by atoms with Gasteiger partial charge in [0.05, 0.1) is 12.6 Å². The van der Waals surface area contributed by atoms with Crippen LogP contribution in [0.5, 0.6) is 0 Å². The Bertz CT molecular complexity index is 1190. The molecule has 12 heteroatoms. The van der Waals surface area contributed by atoms with Crippen LogP contribution in [0.1, 0.15) is 26.9 Å². The molecule has 1 aromatic carbocycles. The second-order valence-corrected chi connectivity index (χ2v) is 7.03. The third-order valence-corrected chi connectivity index (χ3v) is 4.79. The quantitative estimate of drug-likeness (QED) is 0.279. The first kappa shape index (κ1) is 18.4. The van der Waals surface area contributed by atoms with Crippen molar-refractivity contribution in [3.05, 3.63) is 52.7 Å². The summed E-state index contributed by atoms with van der Waals surface area (Å²) in [5.41, 5.74) is 5.35. The third kappa shape index (κ3) is 4.16. The maximum atomic E-state index is 12.1. The van der Waals surface area contributed by atoms with Crippen LogP contribution in [0.15, 0.2) is 35.7 Å². The minimum atomic E-state index is -0.492. The average Bonchev–Trinajstić information content (AvgIpc) is 3.43. The molecule has 0 aliphatic heterocycles. The molecule has 3 aromatic heterocycles. The largest absolute Gasteiger partial charge is 0.358 e. The number of para-hydroxylation sites is 1. The summed E-state index contributed by atoms with van der Waals surface area (Å²) < 4.78 is 0. The number of hydrazone groups is 1. The van der Waals surface area contributed by atoms with E-state index < -0.39 is 5.91 Å². The highest BCUT2D eigenvalue weighted by molar-refractivity contribution is 7.15. The molecule has 0 radical (unpaired) electrons. The van der Waals surface area contributed by atoms with Gasteiger partial charge in [0.2, 0.25) is 16.9 Å². The molecule has 0 aliphatic rings. The Morgan fingerprint density at radius 3 is 2.97 bits per heavy atom. The van der Waals surface area contributed by atoms with Crippen molar-refractivity contribution >= 4 is 45.4 Å². The van der Waals surface area contributed by atoms with Gasteiger partial charge in [-0.25, -0.2) is 10.4 Å². The molecule has 2 amide bonds. The van der Waals surface area contributed by atoms with Crippen molar-refractivity contribution in [2.24, 2.45) is 5.10 Å². The van der Waals surface area contributed by atoms with E-state index in [0.29, 0.717) is 5.01 Å². The molecule has 0 bridgehead atoms. The Balaban J connectivity index is 1.34. The first-order valence-electron chi connectivity index (χ1n) is 8.48. The van der Waals surface area contributed by atoms with Crippen LogP contribution in [0.3, 0.4) is 0 Å². The average molecular weight is 409 g/mol. The summed E-state index contributed by atoms with van der Waals surface area (Å²) in [4.78, 5) is 31.0. The highest BCUT2D eigenvalue weighted by atomic mass is 32.1. The zero-order valence-corrected chi connectivity index (χ0v) is 15.9. The molecule has 0 atom stereocenters. The molecule has 146 valence electrons. The lowest BCUT2D eigenvalue weighted by molar-refractivity contribution is -0.120. The molecule has 0 saturated carbocycles. The number of hydrogen-bond donors (Lipinski definition) is 4. The minimum absolute atomic E-state index is 0.0138. The van der Waals surface area contributed by atoms with Gasteiger partial charge in [-0.2, -0.15) is 10.2 Å². The van der Waals surface area contributed by atoms with E-state index in [4.69, 9.17) is 0 Å². The molecular weight excluding hydrogens is 394 g/mol. The first-order chi connectivity index (χ1) is 14.1. The van der Waals surface area contributed by atoms with E-state index in [-0.39, 0.29) is 23.3 Å². The highest BCUT2D eigenvalue weighted by Gasteiger charge is 2.14. The second kappa shape index (κ2) is 7.98. The summed E-state index contributed by atoms with van der Waals surface area (Å²) in [7, 11) is 0. The van der Waals surface area contributed by atoms with Crippen LogP contribution in [-0.4, -0.2) is 48.4 Å². The predicted molar refractivity (Wildman–Crippen MR) is 107 cm³/mol. The van der Waals surface area contributed by atoms with Crippen molar-refractivity contribution in [2.45, 2.75) is 13.3 Å². The number of anilines is 1. The van der Waals surface area contributed by atoms with Crippen LogP contribution in [-0.2, 0) is 11.2 Å². The maximum Gasteiger partial charge on any atom is 0.294 e. The summed E-state index contributed by atoms with van der Waals surface area (Å²) in [6.45, 7) is 1.94. The van der Waals surface area contributed by atoms with Crippen LogP contribution >= 0.6 is 11.3 Å². The molecule has 4 rings (SSSR count). The van der Waals surface area contributed by atoms with Crippen molar-refractivity contribution in [1.82, 2.24) is 35.8 Å². The normalized spacial score (nSPS) is 11.2. The summed E-state index contributed by atoms with van der Waals surface area (Å²) in [6, 6.07) is 7.86. The van der Waals surface area contributed by atoms with E-state index in [9.17, 15) is 9.59 Å². The Hall–Kier alpha value is -3.93. The maximum absolute atomic E-state index is 12.1. The van der Waals surface area contributed by atoms with Crippen molar-refractivity contribution in [2.75, 3.05) is 5.32 Å². The van der Waals surface area contributed by atoms with Crippen LogP contribution in [0.2, 0.25) is 0 Å². The number of fused-ring (bicyclic) bond motifs is 1. The van der Waals surface area contributed by atoms with E-state index in [1.54, 1.807) is 6.21 Å². The Morgan fingerprint density at radius 1 is 1.28 bits per heavy atom. The SMILES string of the molecule is Cc1[nH]c2ccccc2c1/C=N\NC(=O)Cc1nnc(NC(=O)c2ncn[nH]2)s1. The van der Waals surface area contributed by atoms with Gasteiger partial charge in [0, 0.05) is 22.2 Å². The van der Waals surface area contributed by atoms with E-state index >= 15 is 0 Å². The summed E-state index contributed by atoms with van der Waals surface area (Å²) in [6.07, 6.45) is 2.82. The van der Waals surface area contributed by atoms with Crippen LogP contribution in [0.4, 0.5) is 5.13 Å². The van der Waals surface area contributed by atoms with Gasteiger partial charge >= 0.3 is 0 Å². The van der Waals surface area contributed by atoms with Crippen molar-refractivity contribution in [3.63, 3.8) is 0 Å². The molecule has 0 spiro atoms. The smallest absolute Gasteiger partial charge is 0.294 e. The number of carbonyl (C=O) groups excluding carboxylic acids is 2. The number of benzene rings is 1. The molecule has 0 saturated heterocycles. The van der Waals surface area contributed by atoms with Crippen molar-refractivity contribution in [3.8, 4) is 0 Å². The van der Waals surface area contributed by atoms with E-state index in [2.05, 4.69) is 46.2 Å². The van der Waals surface area contributed by atoms with Gasteiger partial charge in [-0.1, -0.05) is 29.5 Å². The fraction of sp³-hybridized carbons (Fsp3) is 0.118. The van der Waals surface area contributed by atoms with E-state index in [0.717, 1.165) is 33.5 Å². The van der Waals surface area contributed by atoms with Gasteiger partial charge in [-0.05, 0) is 13.0 Å². The fourth-order valence-electron chi connectivity index (χ4n) is 2.66. The van der Waals surface area contributed by atoms with Crippen molar-refractivity contribution in [1.29, 1.82) is 0 Å². The molecule has 11 nitrogen and oxygen atoms in total. The Morgan fingerprint density at radius 2 is 2.14 bits per heavy atom. The fourth-order valence-corrected chi connectivity index (χ4v) is 3.39. The van der Waals surface area contributed by atoms with Gasteiger partial charge in [0.25, 0.3) is 5.91 Å². The molecule has 0 aliphatic carbocycles. The van der Waals surface area contributed by atoms with E-state index in [1.807, 2.05) is 31.2 Å². The lowest BCUT2D eigenvalue weighted by Crippen LogP contribution is -2.19. The molecule has 4 aromatic rings. The number of rotatable bonds is 6. The number of aromatic amines is 2. The van der Waals surface area contributed by atoms with Gasteiger partial charge in [-0.15, -0.1) is 10.2 Å². The number of nitrogens with zero attached hydrogens (tertiary/aromatic N) is 5. The summed E-state index contributed by atoms with van der Waals surface area (Å²) >= 11 is 1.09. The molecule has 29 heavy (non-hydrogen) atoms.